The number of benzene rings is 1. The fourth-order valence-electron chi connectivity index (χ4n) is 2.37. The average molecular weight is 377 g/mol. The predicted octanol–water partition coefficient (Wildman–Crippen LogP) is 4.50. The second kappa shape index (κ2) is 6.40. The number of ether oxygens (including phenoxy) is 1. The van der Waals surface area contributed by atoms with E-state index in [1.54, 1.807) is 0 Å². The Bertz CT molecular complexity index is 417. The van der Waals surface area contributed by atoms with E-state index in [4.69, 9.17) is 4.74 Å². The molecule has 100 valence electrons. The van der Waals surface area contributed by atoms with Crippen LogP contribution >= 0.6 is 31.9 Å². The van der Waals surface area contributed by atoms with Crippen molar-refractivity contribution in [2.45, 2.75) is 39.3 Å². The molecule has 2 nitrogen and oxygen atoms in total. The van der Waals surface area contributed by atoms with Gasteiger partial charge in [-0.2, -0.15) is 0 Å². The lowest BCUT2D eigenvalue weighted by molar-refractivity contribution is 0.239. The van der Waals surface area contributed by atoms with E-state index in [9.17, 15) is 0 Å². The highest BCUT2D eigenvalue weighted by molar-refractivity contribution is 9.11. The van der Waals surface area contributed by atoms with Crippen LogP contribution in [0, 0.1) is 5.92 Å². The summed E-state index contributed by atoms with van der Waals surface area (Å²) in [6, 6.07) is 4.83. The van der Waals surface area contributed by atoms with Crippen LogP contribution in [0.4, 0.5) is 0 Å². The summed E-state index contributed by atoms with van der Waals surface area (Å²) in [4.78, 5) is 0. The predicted molar refractivity (Wildman–Crippen MR) is 82.0 cm³/mol. The molecule has 0 saturated heterocycles. The number of hydrogen-bond acceptors (Lipinski definition) is 2. The monoisotopic (exact) mass is 375 g/mol. The Kier molecular flexibility index (Phi) is 5.10. The molecule has 0 unspecified atom stereocenters. The van der Waals surface area contributed by atoms with Gasteiger partial charge in [0.15, 0.2) is 0 Å². The van der Waals surface area contributed by atoms with E-state index in [1.807, 2.05) is 13.0 Å². The van der Waals surface area contributed by atoms with Crippen molar-refractivity contribution in [2.24, 2.45) is 5.92 Å². The van der Waals surface area contributed by atoms with E-state index < -0.39 is 0 Å². The van der Waals surface area contributed by atoms with Crippen LogP contribution in [0.1, 0.15) is 32.3 Å². The fourth-order valence-corrected chi connectivity index (χ4v) is 3.80. The second-order valence-electron chi connectivity index (χ2n) is 4.96. The molecule has 1 aliphatic rings. The molecule has 4 heteroatoms. The Labute approximate surface area is 126 Å². The molecule has 1 aromatic carbocycles. The van der Waals surface area contributed by atoms with Gasteiger partial charge in [0, 0.05) is 22.6 Å². The highest BCUT2D eigenvalue weighted by Crippen LogP contribution is 2.34. The molecule has 0 spiro atoms. The minimum absolute atomic E-state index is 0.673. The minimum Gasteiger partial charge on any atom is -0.492 e. The zero-order valence-electron chi connectivity index (χ0n) is 10.8. The molecule has 0 aliphatic heterocycles. The van der Waals surface area contributed by atoms with Crippen molar-refractivity contribution in [2.75, 3.05) is 6.61 Å². The Morgan fingerprint density at radius 1 is 1.33 bits per heavy atom. The summed E-state index contributed by atoms with van der Waals surface area (Å²) in [5, 5.41) is 3.60. The lowest BCUT2D eigenvalue weighted by Crippen LogP contribution is -2.39. The molecule has 18 heavy (non-hydrogen) atoms. The topological polar surface area (TPSA) is 21.3 Å². The van der Waals surface area contributed by atoms with E-state index in [1.165, 1.54) is 18.4 Å². The molecule has 2 rings (SSSR count). The first-order chi connectivity index (χ1) is 8.60. The van der Waals surface area contributed by atoms with Crippen molar-refractivity contribution in [3.05, 3.63) is 26.6 Å². The number of hydrogen-bond donors (Lipinski definition) is 1. The van der Waals surface area contributed by atoms with Crippen LogP contribution in [-0.4, -0.2) is 12.6 Å². The van der Waals surface area contributed by atoms with Gasteiger partial charge in [0.05, 0.1) is 11.1 Å². The number of halogens is 2. The summed E-state index contributed by atoms with van der Waals surface area (Å²) < 4.78 is 7.81. The molecule has 0 amide bonds. The third kappa shape index (κ3) is 3.49. The van der Waals surface area contributed by atoms with Gasteiger partial charge < -0.3 is 10.1 Å². The van der Waals surface area contributed by atoms with Gasteiger partial charge in [-0.3, -0.25) is 0 Å². The first-order valence-electron chi connectivity index (χ1n) is 6.44. The van der Waals surface area contributed by atoms with Gasteiger partial charge in [0.25, 0.3) is 0 Å². The van der Waals surface area contributed by atoms with Crippen molar-refractivity contribution >= 4 is 31.9 Å². The molecular weight excluding hydrogens is 358 g/mol. The molecule has 0 bridgehead atoms. The average Bonchev–Trinajstić information content (AvgIpc) is 2.27. The summed E-state index contributed by atoms with van der Waals surface area (Å²) >= 11 is 7.10. The van der Waals surface area contributed by atoms with Gasteiger partial charge in [-0.05, 0) is 53.7 Å². The van der Waals surface area contributed by atoms with Gasteiger partial charge >= 0.3 is 0 Å². The molecule has 0 aromatic heterocycles. The third-order valence-corrected chi connectivity index (χ3v) is 4.38. The normalized spacial score (nSPS) is 22.7. The molecule has 1 aromatic rings. The van der Waals surface area contributed by atoms with Gasteiger partial charge in [-0.15, -0.1) is 0 Å². The van der Waals surface area contributed by atoms with E-state index in [0.29, 0.717) is 12.6 Å². The zero-order chi connectivity index (χ0) is 13.1. The van der Waals surface area contributed by atoms with Gasteiger partial charge in [-0.25, -0.2) is 0 Å². The lowest BCUT2D eigenvalue weighted by Gasteiger charge is -2.33. The summed E-state index contributed by atoms with van der Waals surface area (Å²) in [5.41, 5.74) is 1.21. The quantitative estimate of drug-likeness (QED) is 0.816. The maximum absolute atomic E-state index is 5.72. The molecule has 1 N–H and O–H groups in total. The molecule has 0 radical (unpaired) electrons. The number of rotatable bonds is 5. The number of nitrogens with one attached hydrogen (secondary N) is 1. The van der Waals surface area contributed by atoms with Crippen LogP contribution in [0.5, 0.6) is 5.75 Å². The van der Waals surface area contributed by atoms with Crippen LogP contribution in [0.3, 0.4) is 0 Å². The second-order valence-corrected chi connectivity index (χ2v) is 6.73. The molecule has 1 fully saturated rings. The van der Waals surface area contributed by atoms with Crippen molar-refractivity contribution < 1.29 is 4.74 Å². The van der Waals surface area contributed by atoms with E-state index >= 15 is 0 Å². The van der Waals surface area contributed by atoms with Crippen LogP contribution < -0.4 is 10.1 Å². The SMILES string of the molecule is CCOc1c(Br)cc(Br)cc1CNC1CC(C)C1. The van der Waals surface area contributed by atoms with Crippen molar-refractivity contribution in [3.63, 3.8) is 0 Å². The van der Waals surface area contributed by atoms with Gasteiger partial charge in [-0.1, -0.05) is 22.9 Å². The first kappa shape index (κ1) is 14.4. The largest absolute Gasteiger partial charge is 0.492 e. The Morgan fingerprint density at radius 3 is 2.67 bits per heavy atom. The maximum Gasteiger partial charge on any atom is 0.138 e. The van der Waals surface area contributed by atoms with Crippen LogP contribution in [0.25, 0.3) is 0 Å². The van der Waals surface area contributed by atoms with E-state index in [0.717, 1.165) is 27.2 Å². The summed E-state index contributed by atoms with van der Waals surface area (Å²) in [5.74, 6) is 1.84. The van der Waals surface area contributed by atoms with Gasteiger partial charge in [0.2, 0.25) is 0 Å². The molecule has 0 atom stereocenters. The summed E-state index contributed by atoms with van der Waals surface area (Å²) in [7, 11) is 0. The van der Waals surface area contributed by atoms with E-state index in [-0.39, 0.29) is 0 Å². The van der Waals surface area contributed by atoms with E-state index in [2.05, 4.69) is 50.2 Å². The van der Waals surface area contributed by atoms with Gasteiger partial charge in [0.1, 0.15) is 5.75 Å². The fraction of sp³-hybridized carbons (Fsp3) is 0.571. The Hall–Kier alpha value is -0.0600. The summed E-state index contributed by atoms with van der Waals surface area (Å²) in [6.07, 6.45) is 2.58. The molecular formula is C14H19Br2NO. The molecule has 1 saturated carbocycles. The highest BCUT2D eigenvalue weighted by Gasteiger charge is 2.24. The Morgan fingerprint density at radius 2 is 2.06 bits per heavy atom. The standard InChI is InChI=1S/C14H19Br2NO/c1-3-18-14-10(6-11(15)7-13(14)16)8-17-12-4-9(2)5-12/h6-7,9,12,17H,3-5,8H2,1-2H3. The smallest absolute Gasteiger partial charge is 0.138 e. The lowest BCUT2D eigenvalue weighted by atomic mass is 9.82. The summed E-state index contributed by atoms with van der Waals surface area (Å²) in [6.45, 7) is 5.87. The van der Waals surface area contributed by atoms with Crippen molar-refractivity contribution in [3.8, 4) is 5.75 Å². The first-order valence-corrected chi connectivity index (χ1v) is 8.02. The third-order valence-electron chi connectivity index (χ3n) is 3.33. The van der Waals surface area contributed by atoms with Crippen LogP contribution in [0.15, 0.2) is 21.1 Å². The van der Waals surface area contributed by atoms with Crippen molar-refractivity contribution in [1.82, 2.24) is 5.32 Å². The molecule has 0 heterocycles. The highest BCUT2D eigenvalue weighted by atomic mass is 79.9. The minimum atomic E-state index is 0.673. The maximum atomic E-state index is 5.72. The molecule has 1 aliphatic carbocycles. The zero-order valence-corrected chi connectivity index (χ0v) is 14.0. The Balaban J connectivity index is 2.05. The van der Waals surface area contributed by atoms with Crippen molar-refractivity contribution in [1.29, 1.82) is 0 Å². The van der Waals surface area contributed by atoms with Crippen LogP contribution in [-0.2, 0) is 6.54 Å². The van der Waals surface area contributed by atoms with Crippen LogP contribution in [0.2, 0.25) is 0 Å².